The minimum Gasteiger partial charge on any atom is -0.115 e. The molecule has 0 aromatic heterocycles. The fraction of sp³-hybridized carbons (Fsp3) is 0.571. The Bertz CT molecular complexity index is 581. The van der Waals surface area contributed by atoms with Crippen molar-refractivity contribution in [3.05, 3.63) is 35.9 Å². The maximum atomic E-state index is 6.83. The van der Waals surface area contributed by atoms with Gasteiger partial charge in [-0.1, -0.05) is 130 Å². The average molecular weight is 498 g/mol. The first-order valence-electron chi connectivity index (χ1n) is 6.47. The number of rotatable bonds is 2. The molecule has 2 atom stereocenters. The summed E-state index contributed by atoms with van der Waals surface area (Å²) < 4.78 is -7.92. The van der Waals surface area contributed by atoms with Crippen molar-refractivity contribution >= 4 is 104 Å². The van der Waals surface area contributed by atoms with Crippen LogP contribution in [0.3, 0.4) is 0 Å². The summed E-state index contributed by atoms with van der Waals surface area (Å²) in [5, 5.41) is 0. The third kappa shape index (κ3) is 2.97. The first-order chi connectivity index (χ1) is 10.2. The SMILES string of the molecule is CC(c1ccccc1)C1(Cl)CC(Cl)(Cl)C(Cl)(Cl)C(Cl)(Cl)C1(Cl)Cl. The zero-order valence-electron chi connectivity index (χ0n) is 11.6. The first kappa shape index (κ1) is 21.1. The van der Waals surface area contributed by atoms with Gasteiger partial charge in [-0.15, -0.1) is 11.6 Å². The van der Waals surface area contributed by atoms with Crippen molar-refractivity contribution in [3.8, 4) is 0 Å². The summed E-state index contributed by atoms with van der Waals surface area (Å²) >= 11 is 57.6. The minimum absolute atomic E-state index is 0.137. The van der Waals surface area contributed by atoms with E-state index in [0.29, 0.717) is 0 Å². The highest BCUT2D eigenvalue weighted by Crippen LogP contribution is 2.73. The molecule has 2 rings (SSSR count). The lowest BCUT2D eigenvalue weighted by Crippen LogP contribution is -2.72. The zero-order valence-corrected chi connectivity index (χ0v) is 18.4. The lowest BCUT2D eigenvalue weighted by molar-refractivity contribution is 0.289. The van der Waals surface area contributed by atoms with Crippen LogP contribution in [0.25, 0.3) is 0 Å². The van der Waals surface area contributed by atoms with Gasteiger partial charge in [0.2, 0.25) is 0 Å². The van der Waals surface area contributed by atoms with Crippen LogP contribution in [0.2, 0.25) is 0 Å². The number of alkyl halides is 9. The fourth-order valence-electron chi connectivity index (χ4n) is 2.66. The number of benzene rings is 1. The van der Waals surface area contributed by atoms with E-state index in [1.54, 1.807) is 0 Å². The quantitative estimate of drug-likeness (QED) is 0.364. The number of hydrogen-bond acceptors (Lipinski definition) is 0. The van der Waals surface area contributed by atoms with Crippen LogP contribution in [0.4, 0.5) is 0 Å². The summed E-state index contributed by atoms with van der Waals surface area (Å²) in [7, 11) is 0. The lowest BCUT2D eigenvalue weighted by atomic mass is 9.74. The number of hydrogen-bond donors (Lipinski definition) is 0. The van der Waals surface area contributed by atoms with Crippen LogP contribution >= 0.6 is 104 Å². The zero-order chi connectivity index (χ0) is 17.9. The van der Waals surface area contributed by atoms with Gasteiger partial charge in [-0.2, -0.15) is 0 Å². The van der Waals surface area contributed by atoms with E-state index in [2.05, 4.69) is 0 Å². The van der Waals surface area contributed by atoms with Crippen molar-refractivity contribution in [1.82, 2.24) is 0 Å². The molecule has 1 aromatic rings. The molecule has 0 bridgehead atoms. The van der Waals surface area contributed by atoms with Gasteiger partial charge in [-0.3, -0.25) is 0 Å². The molecule has 0 aliphatic heterocycles. The molecule has 0 N–H and O–H groups in total. The van der Waals surface area contributed by atoms with Gasteiger partial charge in [0.05, 0.1) is 4.87 Å². The molecular weight excluding hydrogens is 487 g/mol. The summed E-state index contributed by atoms with van der Waals surface area (Å²) in [6.07, 6.45) is -0.137. The molecule has 1 saturated carbocycles. The molecule has 0 nitrogen and oxygen atoms in total. The van der Waals surface area contributed by atoms with E-state index in [1.807, 2.05) is 37.3 Å². The van der Waals surface area contributed by atoms with Crippen molar-refractivity contribution in [2.24, 2.45) is 0 Å². The molecule has 1 aliphatic rings. The van der Waals surface area contributed by atoms with Crippen molar-refractivity contribution in [1.29, 1.82) is 0 Å². The molecule has 1 aromatic carbocycles. The van der Waals surface area contributed by atoms with E-state index < -0.39 is 28.1 Å². The Hall–Kier alpha value is 1.83. The Morgan fingerprint density at radius 1 is 0.739 bits per heavy atom. The first-order valence-corrected chi connectivity index (χ1v) is 9.88. The molecule has 2 unspecified atom stereocenters. The Morgan fingerprint density at radius 3 is 1.70 bits per heavy atom. The summed E-state index contributed by atoms with van der Waals surface area (Å²) in [5.74, 6) is -0.404. The predicted molar refractivity (Wildman–Crippen MR) is 106 cm³/mol. The second kappa shape index (κ2) is 6.47. The van der Waals surface area contributed by atoms with Crippen LogP contribution in [-0.2, 0) is 0 Å². The highest BCUT2D eigenvalue weighted by atomic mass is 35.6. The van der Waals surface area contributed by atoms with Crippen molar-refractivity contribution < 1.29 is 0 Å². The molecule has 1 aliphatic carbocycles. The molecule has 23 heavy (non-hydrogen) atoms. The average Bonchev–Trinajstić information content (AvgIpc) is 2.45. The van der Waals surface area contributed by atoms with Gasteiger partial charge in [0, 0.05) is 12.3 Å². The maximum Gasteiger partial charge on any atom is 0.188 e. The van der Waals surface area contributed by atoms with Gasteiger partial charge in [0.25, 0.3) is 0 Å². The van der Waals surface area contributed by atoms with Gasteiger partial charge >= 0.3 is 0 Å². The van der Waals surface area contributed by atoms with Crippen molar-refractivity contribution in [3.63, 3.8) is 0 Å². The van der Waals surface area contributed by atoms with E-state index in [4.69, 9.17) is 104 Å². The molecule has 0 radical (unpaired) electrons. The van der Waals surface area contributed by atoms with E-state index in [-0.39, 0.29) is 6.42 Å². The summed E-state index contributed by atoms with van der Waals surface area (Å²) in [5.41, 5.74) is 0.859. The molecule has 0 saturated heterocycles. The third-order valence-corrected chi connectivity index (χ3v) is 10.8. The van der Waals surface area contributed by atoms with Crippen LogP contribution in [0.5, 0.6) is 0 Å². The molecule has 0 spiro atoms. The van der Waals surface area contributed by atoms with E-state index >= 15 is 0 Å². The second-order valence-electron chi connectivity index (χ2n) is 5.60. The van der Waals surface area contributed by atoms with E-state index in [0.717, 1.165) is 5.56 Å². The summed E-state index contributed by atoms with van der Waals surface area (Å²) in [4.78, 5) is -1.43. The van der Waals surface area contributed by atoms with Gasteiger partial charge in [0.1, 0.15) is 0 Å². The standard InChI is InChI=1S/C14H11Cl9/c1-8(9-5-3-2-4-6-9)10(15)7-11(16,17)13(20,21)14(22,23)12(10,18)19/h2-6,8H,7H2,1H3. The topological polar surface area (TPSA) is 0 Å². The van der Waals surface area contributed by atoms with Gasteiger partial charge in [0.15, 0.2) is 17.3 Å². The van der Waals surface area contributed by atoms with Crippen LogP contribution in [0, 0.1) is 0 Å². The summed E-state index contributed by atoms with van der Waals surface area (Å²) in [6.45, 7) is 1.82. The van der Waals surface area contributed by atoms with E-state index in [1.165, 1.54) is 0 Å². The second-order valence-corrected chi connectivity index (χ2v) is 11.7. The Morgan fingerprint density at radius 2 is 1.22 bits per heavy atom. The van der Waals surface area contributed by atoms with Crippen LogP contribution in [-0.4, -0.2) is 22.2 Å². The molecule has 1 fully saturated rings. The number of halogens is 9. The Balaban J connectivity index is 2.62. The van der Waals surface area contributed by atoms with Crippen LogP contribution in [0.1, 0.15) is 24.8 Å². The lowest BCUT2D eigenvalue weighted by Gasteiger charge is -2.59. The Kier molecular flexibility index (Phi) is 5.94. The van der Waals surface area contributed by atoms with E-state index in [9.17, 15) is 0 Å². The largest absolute Gasteiger partial charge is 0.188 e. The highest BCUT2D eigenvalue weighted by Gasteiger charge is 2.79. The van der Waals surface area contributed by atoms with Crippen molar-refractivity contribution in [2.75, 3.05) is 0 Å². The molecule has 130 valence electrons. The van der Waals surface area contributed by atoms with Crippen molar-refractivity contribution in [2.45, 2.75) is 41.5 Å². The molecule has 9 heteroatoms. The van der Waals surface area contributed by atoms with Gasteiger partial charge in [-0.05, 0) is 5.56 Å². The van der Waals surface area contributed by atoms with Crippen LogP contribution in [0.15, 0.2) is 30.3 Å². The highest BCUT2D eigenvalue weighted by molar-refractivity contribution is 6.75. The third-order valence-electron chi connectivity index (χ3n) is 4.24. The minimum atomic E-state index is -2.14. The van der Waals surface area contributed by atoms with Crippen LogP contribution < -0.4 is 0 Å². The smallest absolute Gasteiger partial charge is 0.115 e. The normalized spacial score (nSPS) is 32.3. The molecule has 0 amide bonds. The fourth-order valence-corrected chi connectivity index (χ4v) is 6.28. The maximum absolute atomic E-state index is 6.83. The summed E-state index contributed by atoms with van der Waals surface area (Å²) in [6, 6.07) is 9.33. The van der Waals surface area contributed by atoms with Gasteiger partial charge in [-0.25, -0.2) is 0 Å². The Labute approximate surface area is 180 Å². The molecule has 0 heterocycles. The molecular formula is C14H11Cl9. The van der Waals surface area contributed by atoms with Gasteiger partial charge < -0.3 is 0 Å². The predicted octanol–water partition coefficient (Wildman–Crippen LogP) is 7.87. The monoisotopic (exact) mass is 494 g/mol.